The number of fused-ring (bicyclic) bond motifs is 2. The minimum absolute atomic E-state index is 0.0120. The fourth-order valence-electron chi connectivity index (χ4n) is 3.50. The lowest BCUT2D eigenvalue weighted by molar-refractivity contribution is -0.121. The Labute approximate surface area is 147 Å². The number of amides is 1. The molecule has 0 bridgehead atoms. The first-order valence-corrected chi connectivity index (χ1v) is 8.67. The van der Waals surface area contributed by atoms with Gasteiger partial charge in [-0.15, -0.1) is 0 Å². The van der Waals surface area contributed by atoms with E-state index < -0.39 is 0 Å². The summed E-state index contributed by atoms with van der Waals surface area (Å²) in [5.41, 5.74) is 4.54. The van der Waals surface area contributed by atoms with Gasteiger partial charge in [-0.1, -0.05) is 12.1 Å². The minimum Gasteiger partial charge on any atom is -0.497 e. The van der Waals surface area contributed by atoms with Crippen molar-refractivity contribution in [2.75, 3.05) is 31.7 Å². The highest BCUT2D eigenvalue weighted by molar-refractivity contribution is 5.98. The number of carbonyl (C=O) groups is 1. The van der Waals surface area contributed by atoms with Crippen LogP contribution < -0.4 is 19.7 Å². The predicted molar refractivity (Wildman–Crippen MR) is 96.4 cm³/mol. The summed E-state index contributed by atoms with van der Waals surface area (Å²) >= 11 is 0. The fourth-order valence-corrected chi connectivity index (χ4v) is 3.50. The zero-order chi connectivity index (χ0) is 17.2. The lowest BCUT2D eigenvalue weighted by Gasteiger charge is -2.30. The van der Waals surface area contributed by atoms with Crippen molar-refractivity contribution in [2.45, 2.75) is 19.4 Å². The van der Waals surface area contributed by atoms with E-state index in [1.54, 1.807) is 7.11 Å². The highest BCUT2D eigenvalue weighted by atomic mass is 16.5. The summed E-state index contributed by atoms with van der Waals surface area (Å²) in [6, 6.07) is 12.1. The lowest BCUT2D eigenvalue weighted by Crippen LogP contribution is -2.38. The molecule has 130 valence electrons. The number of rotatable bonds is 3. The maximum atomic E-state index is 12.5. The van der Waals surface area contributed by atoms with Gasteiger partial charge in [0.15, 0.2) is 6.61 Å². The number of hydrogen-bond donors (Lipinski definition) is 1. The quantitative estimate of drug-likeness (QED) is 0.933. The topological polar surface area (TPSA) is 50.8 Å². The summed E-state index contributed by atoms with van der Waals surface area (Å²) in [7, 11) is 1.65. The third-order valence-electron chi connectivity index (χ3n) is 4.84. The van der Waals surface area contributed by atoms with Gasteiger partial charge in [0.25, 0.3) is 5.91 Å². The second-order valence-corrected chi connectivity index (χ2v) is 6.46. The molecule has 25 heavy (non-hydrogen) atoms. The Hall–Kier alpha value is -2.53. The predicted octanol–water partition coefficient (Wildman–Crippen LogP) is 2.31. The standard InChI is InChI=1S/C20H22N2O3/c1-24-17-4-2-3-14(9-17)12-22-18-10-15-5-7-21-8-6-16(15)11-19(18)25-13-20(22)23/h2-4,9-11,21H,5-8,12-13H2,1H3. The van der Waals surface area contributed by atoms with Gasteiger partial charge < -0.3 is 19.7 Å². The molecule has 5 nitrogen and oxygen atoms in total. The van der Waals surface area contributed by atoms with Crippen LogP contribution in [0.5, 0.6) is 11.5 Å². The Bertz CT molecular complexity index is 804. The Morgan fingerprint density at radius 3 is 2.76 bits per heavy atom. The van der Waals surface area contributed by atoms with E-state index in [0.717, 1.165) is 48.7 Å². The van der Waals surface area contributed by atoms with Crippen molar-refractivity contribution in [3.63, 3.8) is 0 Å². The number of nitrogens with one attached hydrogen (secondary N) is 1. The molecule has 0 aliphatic carbocycles. The molecule has 0 fully saturated rings. The van der Waals surface area contributed by atoms with Crippen LogP contribution in [0.2, 0.25) is 0 Å². The molecule has 0 atom stereocenters. The molecule has 2 aliphatic heterocycles. The summed E-state index contributed by atoms with van der Waals surface area (Å²) in [5.74, 6) is 1.59. The number of hydrogen-bond acceptors (Lipinski definition) is 4. The Morgan fingerprint density at radius 2 is 1.96 bits per heavy atom. The third-order valence-corrected chi connectivity index (χ3v) is 4.84. The number of methoxy groups -OCH3 is 1. The van der Waals surface area contributed by atoms with Crippen molar-refractivity contribution in [1.82, 2.24) is 5.32 Å². The number of nitrogens with zero attached hydrogens (tertiary/aromatic N) is 1. The van der Waals surface area contributed by atoms with Gasteiger partial charge >= 0.3 is 0 Å². The summed E-state index contributed by atoms with van der Waals surface area (Å²) in [6.45, 7) is 2.56. The summed E-state index contributed by atoms with van der Waals surface area (Å²) < 4.78 is 11.0. The van der Waals surface area contributed by atoms with Crippen LogP contribution in [0.3, 0.4) is 0 Å². The number of anilines is 1. The molecule has 0 unspecified atom stereocenters. The first kappa shape index (κ1) is 16.0. The normalized spacial score (nSPS) is 16.5. The number of carbonyl (C=O) groups excluding carboxylic acids is 1. The Balaban J connectivity index is 1.69. The van der Waals surface area contributed by atoms with Gasteiger partial charge in [-0.2, -0.15) is 0 Å². The van der Waals surface area contributed by atoms with Crippen LogP contribution >= 0.6 is 0 Å². The van der Waals surface area contributed by atoms with Crippen LogP contribution in [0.25, 0.3) is 0 Å². The average molecular weight is 338 g/mol. The molecule has 0 saturated carbocycles. The molecule has 0 radical (unpaired) electrons. The van der Waals surface area contributed by atoms with Crippen molar-refractivity contribution in [3.8, 4) is 11.5 Å². The maximum absolute atomic E-state index is 12.5. The van der Waals surface area contributed by atoms with E-state index in [9.17, 15) is 4.79 Å². The van der Waals surface area contributed by atoms with Gasteiger partial charge in [0.05, 0.1) is 19.3 Å². The minimum atomic E-state index is -0.0120. The van der Waals surface area contributed by atoms with E-state index in [2.05, 4.69) is 17.4 Å². The zero-order valence-corrected chi connectivity index (χ0v) is 14.4. The van der Waals surface area contributed by atoms with E-state index in [4.69, 9.17) is 9.47 Å². The third kappa shape index (κ3) is 3.20. The second kappa shape index (κ2) is 6.76. The van der Waals surface area contributed by atoms with Crippen molar-refractivity contribution in [3.05, 3.63) is 53.1 Å². The van der Waals surface area contributed by atoms with Gasteiger partial charge in [-0.3, -0.25) is 4.79 Å². The van der Waals surface area contributed by atoms with Crippen molar-refractivity contribution < 1.29 is 14.3 Å². The molecule has 0 spiro atoms. The summed E-state index contributed by atoms with van der Waals surface area (Å²) in [5, 5.41) is 3.42. The molecular formula is C20H22N2O3. The molecule has 4 rings (SSSR count). The monoisotopic (exact) mass is 338 g/mol. The molecular weight excluding hydrogens is 316 g/mol. The molecule has 2 aliphatic rings. The van der Waals surface area contributed by atoms with E-state index in [-0.39, 0.29) is 12.5 Å². The maximum Gasteiger partial charge on any atom is 0.265 e. The highest BCUT2D eigenvalue weighted by Crippen LogP contribution is 2.36. The molecule has 1 amide bonds. The van der Waals surface area contributed by atoms with Crippen LogP contribution in [0.4, 0.5) is 5.69 Å². The van der Waals surface area contributed by atoms with E-state index in [1.165, 1.54) is 11.1 Å². The SMILES string of the molecule is COc1cccc(CN2C(=O)COc3cc4c(cc32)CCNCC4)c1. The molecule has 0 saturated heterocycles. The molecule has 2 aromatic rings. The van der Waals surface area contributed by atoms with Gasteiger partial charge in [0, 0.05) is 0 Å². The molecule has 0 aromatic heterocycles. The molecule has 5 heteroatoms. The largest absolute Gasteiger partial charge is 0.497 e. The fraction of sp³-hybridized carbons (Fsp3) is 0.350. The molecule has 2 aromatic carbocycles. The van der Waals surface area contributed by atoms with Crippen LogP contribution in [0.1, 0.15) is 16.7 Å². The zero-order valence-electron chi connectivity index (χ0n) is 14.4. The van der Waals surface area contributed by atoms with E-state index in [0.29, 0.717) is 6.54 Å². The van der Waals surface area contributed by atoms with Crippen LogP contribution in [-0.2, 0) is 24.2 Å². The lowest BCUT2D eigenvalue weighted by atomic mass is 10.00. The van der Waals surface area contributed by atoms with Gasteiger partial charge in [0.1, 0.15) is 11.5 Å². The number of ether oxygens (including phenoxy) is 2. The van der Waals surface area contributed by atoms with Crippen LogP contribution in [0, 0.1) is 0 Å². The van der Waals surface area contributed by atoms with Gasteiger partial charge in [-0.05, 0) is 66.9 Å². The molecule has 2 heterocycles. The first-order chi connectivity index (χ1) is 12.2. The summed E-state index contributed by atoms with van der Waals surface area (Å²) in [6.07, 6.45) is 1.97. The smallest absolute Gasteiger partial charge is 0.265 e. The van der Waals surface area contributed by atoms with E-state index in [1.807, 2.05) is 29.2 Å². The first-order valence-electron chi connectivity index (χ1n) is 8.67. The highest BCUT2D eigenvalue weighted by Gasteiger charge is 2.27. The van der Waals surface area contributed by atoms with Crippen molar-refractivity contribution >= 4 is 11.6 Å². The second-order valence-electron chi connectivity index (χ2n) is 6.46. The Kier molecular flexibility index (Phi) is 4.32. The van der Waals surface area contributed by atoms with Crippen molar-refractivity contribution in [1.29, 1.82) is 0 Å². The summed E-state index contributed by atoms with van der Waals surface area (Å²) in [4.78, 5) is 14.3. The van der Waals surface area contributed by atoms with Crippen molar-refractivity contribution in [2.24, 2.45) is 0 Å². The number of benzene rings is 2. The van der Waals surface area contributed by atoms with E-state index >= 15 is 0 Å². The van der Waals surface area contributed by atoms with Crippen LogP contribution in [-0.4, -0.2) is 32.7 Å². The van der Waals surface area contributed by atoms with Gasteiger partial charge in [-0.25, -0.2) is 0 Å². The Morgan fingerprint density at radius 1 is 1.16 bits per heavy atom. The van der Waals surface area contributed by atoms with Gasteiger partial charge in [0.2, 0.25) is 0 Å². The average Bonchev–Trinajstić information content (AvgIpc) is 2.87. The van der Waals surface area contributed by atoms with Crippen LogP contribution in [0.15, 0.2) is 36.4 Å². The molecule has 1 N–H and O–H groups in total.